The fraction of sp³-hybridized carbons (Fsp3) is 0.323. The molecule has 0 radical (unpaired) electrons. The van der Waals surface area contributed by atoms with Gasteiger partial charge < -0.3 is 25.6 Å². The normalized spacial score (nSPS) is 20.2. The van der Waals surface area contributed by atoms with Crippen molar-refractivity contribution in [2.24, 2.45) is 0 Å². The minimum Gasteiger partial charge on any atom is -0.424 e. The molecule has 2 saturated heterocycles. The Kier molecular flexibility index (Phi) is 6.41. The molecule has 5 aromatic rings. The lowest BCUT2D eigenvalue weighted by molar-refractivity contribution is 0.308. The molecule has 3 aromatic carbocycles. The average Bonchev–Trinajstić information content (AvgIpc) is 3.55. The maximum Gasteiger partial charge on any atom is 0.324 e. The number of anilines is 2. The van der Waals surface area contributed by atoms with Crippen molar-refractivity contribution in [3.8, 4) is 22.9 Å². The van der Waals surface area contributed by atoms with Crippen LogP contribution >= 0.6 is 22.9 Å². The third-order valence-electron chi connectivity index (χ3n) is 8.75. The molecule has 3 aliphatic heterocycles. The van der Waals surface area contributed by atoms with Crippen molar-refractivity contribution in [3.05, 3.63) is 64.2 Å². The van der Waals surface area contributed by atoms with Gasteiger partial charge in [-0.1, -0.05) is 35.1 Å². The van der Waals surface area contributed by atoms with Crippen LogP contribution in [0.5, 0.6) is 11.8 Å². The molecule has 2 unspecified atom stereocenters. The molecule has 3 aliphatic rings. The number of benzene rings is 3. The molecule has 8 rings (SSSR count). The van der Waals surface area contributed by atoms with Gasteiger partial charge >= 0.3 is 6.01 Å². The molecule has 2 atom stereocenters. The number of halogens is 3. The number of aromatic nitrogens is 3. The smallest absolute Gasteiger partial charge is 0.324 e. The highest BCUT2D eigenvalue weighted by molar-refractivity contribution is 7.22. The lowest BCUT2D eigenvalue weighted by atomic mass is 9.99. The van der Waals surface area contributed by atoms with Gasteiger partial charge in [-0.2, -0.15) is 9.97 Å². The van der Waals surface area contributed by atoms with Gasteiger partial charge in [0.15, 0.2) is 10.9 Å². The summed E-state index contributed by atoms with van der Waals surface area (Å²) in [6.45, 7) is 3.19. The Morgan fingerprint density at radius 1 is 1.07 bits per heavy atom. The first-order chi connectivity index (χ1) is 20.8. The lowest BCUT2D eigenvalue weighted by Crippen LogP contribution is -2.51. The molecule has 43 heavy (non-hydrogen) atoms. The number of hydrogen-bond acceptors (Lipinski definition) is 9. The molecular weight excluding hydrogens is 592 g/mol. The highest BCUT2D eigenvalue weighted by Crippen LogP contribution is 2.43. The van der Waals surface area contributed by atoms with Gasteiger partial charge in [-0.25, -0.2) is 13.8 Å². The fourth-order valence-corrected chi connectivity index (χ4v) is 7.82. The number of nitrogens with zero attached hydrogens (tertiary/aromatic N) is 5. The van der Waals surface area contributed by atoms with E-state index in [0.717, 1.165) is 62.3 Å². The predicted molar refractivity (Wildman–Crippen MR) is 166 cm³/mol. The third kappa shape index (κ3) is 4.57. The first-order valence-corrected chi connectivity index (χ1v) is 15.5. The quantitative estimate of drug-likeness (QED) is 0.248. The Morgan fingerprint density at radius 2 is 1.88 bits per heavy atom. The largest absolute Gasteiger partial charge is 0.424 e. The molecular formula is C31H28ClF2N7OS. The van der Waals surface area contributed by atoms with E-state index < -0.39 is 11.6 Å². The Morgan fingerprint density at radius 3 is 2.70 bits per heavy atom. The summed E-state index contributed by atoms with van der Waals surface area (Å²) in [4.78, 5) is 18.3. The Hall–Kier alpha value is -3.64. The molecule has 0 saturated carbocycles. The number of ether oxygens (including phenoxy) is 1. The second-order valence-electron chi connectivity index (χ2n) is 11.6. The third-order valence-corrected chi connectivity index (χ3v) is 9.95. The molecule has 5 heterocycles. The zero-order valence-electron chi connectivity index (χ0n) is 23.3. The molecule has 0 spiro atoms. The van der Waals surface area contributed by atoms with Crippen molar-refractivity contribution in [3.63, 3.8) is 0 Å². The van der Waals surface area contributed by atoms with Gasteiger partial charge in [-0.3, -0.25) is 0 Å². The summed E-state index contributed by atoms with van der Waals surface area (Å²) < 4.78 is 38.0. The number of nitrogens with one attached hydrogen (secondary N) is 1. The van der Waals surface area contributed by atoms with Crippen molar-refractivity contribution in [2.45, 2.75) is 37.9 Å². The van der Waals surface area contributed by atoms with Crippen molar-refractivity contribution < 1.29 is 13.5 Å². The van der Waals surface area contributed by atoms with Gasteiger partial charge in [0.05, 0.1) is 15.2 Å². The van der Waals surface area contributed by atoms with E-state index in [1.807, 2.05) is 12.1 Å². The highest BCUT2D eigenvalue weighted by Gasteiger charge is 2.34. The summed E-state index contributed by atoms with van der Waals surface area (Å²) in [6, 6.07) is 11.1. The van der Waals surface area contributed by atoms with Crippen LogP contribution in [0.4, 0.5) is 19.7 Å². The van der Waals surface area contributed by atoms with Gasteiger partial charge in [-0.05, 0) is 56.1 Å². The van der Waals surface area contributed by atoms with Crippen LogP contribution in [0.15, 0.2) is 36.4 Å². The maximum absolute atomic E-state index is 16.8. The number of piperazine rings is 1. The molecule has 2 fully saturated rings. The molecule has 8 nitrogen and oxygen atoms in total. The van der Waals surface area contributed by atoms with Crippen LogP contribution in [0.3, 0.4) is 0 Å². The first-order valence-electron chi connectivity index (χ1n) is 14.3. The van der Waals surface area contributed by atoms with Crippen molar-refractivity contribution in [2.75, 3.05) is 37.3 Å². The monoisotopic (exact) mass is 619 g/mol. The van der Waals surface area contributed by atoms with Crippen LogP contribution < -0.4 is 20.7 Å². The van der Waals surface area contributed by atoms with Gasteiger partial charge in [0.2, 0.25) is 0 Å². The van der Waals surface area contributed by atoms with Crippen LogP contribution in [-0.4, -0.2) is 58.6 Å². The van der Waals surface area contributed by atoms with Crippen LogP contribution in [0.2, 0.25) is 5.02 Å². The summed E-state index contributed by atoms with van der Waals surface area (Å²) in [6.07, 6.45) is 2.98. The van der Waals surface area contributed by atoms with Crippen LogP contribution in [-0.2, 0) is 13.0 Å². The molecule has 0 amide bonds. The summed E-state index contributed by atoms with van der Waals surface area (Å²) in [5.74, 6) is 0.128. The van der Waals surface area contributed by atoms with E-state index in [0.29, 0.717) is 34.6 Å². The van der Waals surface area contributed by atoms with E-state index in [-0.39, 0.29) is 37.5 Å². The summed E-state index contributed by atoms with van der Waals surface area (Å²) in [5, 5.41) is 4.47. The number of thiazole rings is 1. The van der Waals surface area contributed by atoms with E-state index in [4.69, 9.17) is 27.1 Å². The highest BCUT2D eigenvalue weighted by atomic mass is 35.5. The molecule has 2 aromatic heterocycles. The predicted octanol–water partition coefficient (Wildman–Crippen LogP) is 6.14. The van der Waals surface area contributed by atoms with Crippen molar-refractivity contribution in [1.82, 2.24) is 25.2 Å². The number of rotatable bonds is 4. The van der Waals surface area contributed by atoms with E-state index >= 15 is 4.39 Å². The number of hydrogen-bond donors (Lipinski definition) is 2. The second-order valence-corrected chi connectivity index (χ2v) is 13.1. The number of likely N-dealkylation sites (N-methyl/N-ethyl adjacent to an activating group) is 1. The Bertz CT molecular complexity index is 1920. The van der Waals surface area contributed by atoms with E-state index in [1.54, 1.807) is 6.07 Å². The topological polar surface area (TPSA) is 92.4 Å². The van der Waals surface area contributed by atoms with E-state index in [9.17, 15) is 4.39 Å². The standard InChI is InChI=1S/C31H28ClF2N7OS/c1-40-10-9-18-15(12-40)3-2-4-23(18)42-31-38-26-20(29(39-31)41-13-16-5-6-17(14-41)36-16)11-21(32)24(25(26)34)19-7-8-22(33)28-27(19)37-30(35)43-28/h2-4,7-8,11,16-17,36H,5-6,9-10,12-14H2,1H3,(H2,35,37). The SMILES string of the molecule is CN1CCc2c(cccc2Oc2nc(N3CC4CCC(C3)N4)c3cc(Cl)c(-c4ccc(F)c5sc(N)nc45)c(F)c3n2)C1. The average molecular weight is 620 g/mol. The van der Waals surface area contributed by atoms with Crippen LogP contribution in [0.1, 0.15) is 24.0 Å². The second kappa shape index (κ2) is 10.2. The van der Waals surface area contributed by atoms with E-state index in [1.165, 1.54) is 17.7 Å². The van der Waals surface area contributed by atoms with E-state index in [2.05, 4.69) is 38.2 Å². The molecule has 0 aliphatic carbocycles. The minimum absolute atomic E-state index is 0.0648. The van der Waals surface area contributed by atoms with Gasteiger partial charge in [0, 0.05) is 60.3 Å². The fourth-order valence-electron chi connectivity index (χ4n) is 6.77. The Balaban J connectivity index is 1.32. The molecule has 2 bridgehead atoms. The van der Waals surface area contributed by atoms with Gasteiger partial charge in [0.25, 0.3) is 0 Å². The number of nitrogen functional groups attached to an aromatic ring is 1. The summed E-state index contributed by atoms with van der Waals surface area (Å²) in [5.41, 5.74) is 8.98. The minimum atomic E-state index is -0.648. The number of nitrogens with two attached hydrogens (primary N) is 1. The van der Waals surface area contributed by atoms with Gasteiger partial charge in [-0.15, -0.1) is 0 Å². The van der Waals surface area contributed by atoms with Crippen LogP contribution in [0.25, 0.3) is 32.2 Å². The van der Waals surface area contributed by atoms with Crippen molar-refractivity contribution >= 4 is 55.0 Å². The molecule has 12 heteroatoms. The first kappa shape index (κ1) is 26.9. The summed E-state index contributed by atoms with van der Waals surface area (Å²) in [7, 11) is 2.09. The zero-order chi connectivity index (χ0) is 29.4. The van der Waals surface area contributed by atoms with Crippen LogP contribution in [0, 0.1) is 11.6 Å². The zero-order valence-corrected chi connectivity index (χ0v) is 24.9. The molecule has 3 N–H and O–H groups in total. The van der Waals surface area contributed by atoms with Crippen molar-refractivity contribution in [1.29, 1.82) is 0 Å². The lowest BCUT2D eigenvalue weighted by Gasteiger charge is -2.34. The van der Waals surface area contributed by atoms with Gasteiger partial charge in [0.1, 0.15) is 22.9 Å². The maximum atomic E-state index is 16.8. The Labute approximate surface area is 255 Å². The summed E-state index contributed by atoms with van der Waals surface area (Å²) >= 11 is 7.83. The molecule has 220 valence electrons. The number of fused-ring (bicyclic) bond motifs is 5.